The summed E-state index contributed by atoms with van der Waals surface area (Å²) in [5.74, 6) is 0. The maximum Gasteiger partial charge on any atom is 0.0791 e. The standard InChI is InChI=1S/C11H16Cl2N2/c1-10(2,3)11(4,14)9-8(13)5-7(12)6-15-9/h5-6H,14H2,1-4H3. The first-order valence-electron chi connectivity index (χ1n) is 4.76. The largest absolute Gasteiger partial charge is 0.320 e. The predicted octanol–water partition coefficient (Wildman–Crippen LogP) is 3.61. The van der Waals surface area contributed by atoms with Gasteiger partial charge in [-0.3, -0.25) is 4.98 Å². The van der Waals surface area contributed by atoms with Crippen molar-refractivity contribution in [1.82, 2.24) is 4.98 Å². The van der Waals surface area contributed by atoms with Crippen LogP contribution in [0.5, 0.6) is 0 Å². The fourth-order valence-corrected chi connectivity index (χ4v) is 1.73. The first-order chi connectivity index (χ1) is 6.66. The first kappa shape index (κ1) is 12.8. The molecule has 1 aromatic rings. The van der Waals surface area contributed by atoms with Gasteiger partial charge in [-0.1, -0.05) is 44.0 Å². The minimum atomic E-state index is -0.589. The third-order valence-electron chi connectivity index (χ3n) is 2.86. The summed E-state index contributed by atoms with van der Waals surface area (Å²) in [4.78, 5) is 4.23. The molecule has 1 unspecified atom stereocenters. The van der Waals surface area contributed by atoms with Crippen molar-refractivity contribution in [3.05, 3.63) is 28.0 Å². The zero-order chi connectivity index (χ0) is 11.9. The van der Waals surface area contributed by atoms with E-state index < -0.39 is 5.54 Å². The summed E-state index contributed by atoms with van der Waals surface area (Å²) in [6.07, 6.45) is 1.57. The number of halogens is 2. The Morgan fingerprint density at radius 1 is 1.20 bits per heavy atom. The van der Waals surface area contributed by atoms with Gasteiger partial charge in [0.25, 0.3) is 0 Å². The lowest BCUT2D eigenvalue weighted by Gasteiger charge is -2.38. The predicted molar refractivity (Wildman–Crippen MR) is 65.3 cm³/mol. The molecular formula is C11H16Cl2N2. The van der Waals surface area contributed by atoms with Crippen LogP contribution in [0.2, 0.25) is 10.0 Å². The van der Waals surface area contributed by atoms with Crippen LogP contribution < -0.4 is 5.73 Å². The van der Waals surface area contributed by atoms with Gasteiger partial charge in [0, 0.05) is 6.20 Å². The highest BCUT2D eigenvalue weighted by Gasteiger charge is 2.37. The van der Waals surface area contributed by atoms with E-state index in [4.69, 9.17) is 28.9 Å². The van der Waals surface area contributed by atoms with E-state index in [1.165, 1.54) is 0 Å². The summed E-state index contributed by atoms with van der Waals surface area (Å²) < 4.78 is 0. The van der Waals surface area contributed by atoms with Crippen LogP contribution in [-0.4, -0.2) is 4.98 Å². The second kappa shape index (κ2) is 3.93. The molecule has 84 valence electrons. The minimum Gasteiger partial charge on any atom is -0.320 e. The molecule has 1 atom stereocenters. The van der Waals surface area contributed by atoms with E-state index >= 15 is 0 Å². The van der Waals surface area contributed by atoms with Crippen molar-refractivity contribution >= 4 is 23.2 Å². The Morgan fingerprint density at radius 3 is 2.13 bits per heavy atom. The fourth-order valence-electron chi connectivity index (χ4n) is 1.15. The van der Waals surface area contributed by atoms with Crippen LogP contribution in [0.1, 0.15) is 33.4 Å². The van der Waals surface area contributed by atoms with Crippen molar-refractivity contribution in [3.8, 4) is 0 Å². The number of hydrogen-bond donors (Lipinski definition) is 1. The molecule has 0 spiro atoms. The van der Waals surface area contributed by atoms with Crippen molar-refractivity contribution in [2.24, 2.45) is 11.1 Å². The van der Waals surface area contributed by atoms with Gasteiger partial charge in [0.1, 0.15) is 0 Å². The van der Waals surface area contributed by atoms with E-state index in [9.17, 15) is 0 Å². The molecule has 0 amide bonds. The molecule has 1 aromatic heterocycles. The Hall–Kier alpha value is -0.310. The van der Waals surface area contributed by atoms with Crippen LogP contribution in [0, 0.1) is 5.41 Å². The number of nitrogens with zero attached hydrogens (tertiary/aromatic N) is 1. The summed E-state index contributed by atoms with van der Waals surface area (Å²) in [5, 5.41) is 1.04. The van der Waals surface area contributed by atoms with Crippen LogP contribution in [-0.2, 0) is 5.54 Å². The number of nitrogens with two attached hydrogens (primary N) is 1. The molecule has 0 aliphatic heterocycles. The molecule has 1 heterocycles. The van der Waals surface area contributed by atoms with Gasteiger partial charge in [0.2, 0.25) is 0 Å². The van der Waals surface area contributed by atoms with E-state index in [-0.39, 0.29) is 5.41 Å². The van der Waals surface area contributed by atoms with Gasteiger partial charge >= 0.3 is 0 Å². The van der Waals surface area contributed by atoms with Gasteiger partial charge in [0.05, 0.1) is 21.3 Å². The summed E-state index contributed by atoms with van der Waals surface area (Å²) >= 11 is 11.9. The molecule has 0 aromatic carbocycles. The zero-order valence-electron chi connectivity index (χ0n) is 9.44. The van der Waals surface area contributed by atoms with Gasteiger partial charge in [-0.2, -0.15) is 0 Å². The van der Waals surface area contributed by atoms with E-state index in [1.807, 2.05) is 6.92 Å². The average molecular weight is 247 g/mol. The molecule has 2 N–H and O–H groups in total. The molecule has 4 heteroatoms. The Labute approximate surface area is 101 Å². The highest BCUT2D eigenvalue weighted by atomic mass is 35.5. The number of pyridine rings is 1. The Morgan fingerprint density at radius 2 is 1.73 bits per heavy atom. The van der Waals surface area contributed by atoms with Crippen molar-refractivity contribution in [2.45, 2.75) is 33.2 Å². The third-order valence-corrected chi connectivity index (χ3v) is 3.35. The summed E-state index contributed by atoms with van der Waals surface area (Å²) in [7, 11) is 0. The smallest absolute Gasteiger partial charge is 0.0791 e. The molecule has 0 bridgehead atoms. The highest BCUT2D eigenvalue weighted by Crippen LogP contribution is 2.38. The van der Waals surface area contributed by atoms with Gasteiger partial charge < -0.3 is 5.73 Å². The molecule has 0 saturated heterocycles. The second-order valence-electron chi connectivity index (χ2n) is 4.94. The summed E-state index contributed by atoms with van der Waals surface area (Å²) in [5.41, 5.74) is 6.24. The Bertz CT molecular complexity index is 367. The number of aromatic nitrogens is 1. The molecule has 15 heavy (non-hydrogen) atoms. The quantitative estimate of drug-likeness (QED) is 0.823. The summed E-state index contributed by atoms with van der Waals surface area (Å²) in [6.45, 7) is 8.09. The normalized spacial score (nSPS) is 16.2. The lowest BCUT2D eigenvalue weighted by Crippen LogP contribution is -2.46. The molecule has 0 fully saturated rings. The maximum atomic E-state index is 6.28. The molecule has 1 rings (SSSR count). The van der Waals surface area contributed by atoms with Crippen LogP contribution >= 0.6 is 23.2 Å². The lowest BCUT2D eigenvalue weighted by molar-refractivity contribution is 0.205. The fraction of sp³-hybridized carbons (Fsp3) is 0.545. The van der Waals surface area contributed by atoms with Gasteiger partial charge in [-0.05, 0) is 18.4 Å². The molecule has 0 saturated carbocycles. The van der Waals surface area contributed by atoms with E-state index in [0.29, 0.717) is 15.7 Å². The van der Waals surface area contributed by atoms with Crippen molar-refractivity contribution in [1.29, 1.82) is 0 Å². The Kier molecular flexibility index (Phi) is 3.34. The SMILES string of the molecule is CC(C)(C)C(C)(N)c1ncc(Cl)cc1Cl. The molecular weight excluding hydrogens is 231 g/mol. The Balaban J connectivity index is 3.28. The molecule has 0 aliphatic carbocycles. The van der Waals surface area contributed by atoms with Crippen molar-refractivity contribution < 1.29 is 0 Å². The van der Waals surface area contributed by atoms with Crippen molar-refractivity contribution in [2.75, 3.05) is 0 Å². The lowest BCUT2D eigenvalue weighted by atomic mass is 9.73. The van der Waals surface area contributed by atoms with Gasteiger partial charge in [-0.25, -0.2) is 0 Å². The number of hydrogen-bond acceptors (Lipinski definition) is 2. The van der Waals surface area contributed by atoms with E-state index in [2.05, 4.69) is 25.8 Å². The van der Waals surface area contributed by atoms with Crippen LogP contribution in [0.25, 0.3) is 0 Å². The van der Waals surface area contributed by atoms with Crippen LogP contribution in [0.4, 0.5) is 0 Å². The number of rotatable bonds is 1. The minimum absolute atomic E-state index is 0.128. The van der Waals surface area contributed by atoms with Crippen LogP contribution in [0.3, 0.4) is 0 Å². The van der Waals surface area contributed by atoms with E-state index in [1.54, 1.807) is 12.3 Å². The van der Waals surface area contributed by atoms with Crippen LogP contribution in [0.15, 0.2) is 12.3 Å². The van der Waals surface area contributed by atoms with Gasteiger partial charge in [-0.15, -0.1) is 0 Å². The zero-order valence-corrected chi connectivity index (χ0v) is 10.9. The molecule has 2 nitrogen and oxygen atoms in total. The topological polar surface area (TPSA) is 38.9 Å². The monoisotopic (exact) mass is 246 g/mol. The highest BCUT2D eigenvalue weighted by molar-refractivity contribution is 6.34. The summed E-state index contributed by atoms with van der Waals surface area (Å²) in [6, 6.07) is 1.67. The second-order valence-corrected chi connectivity index (χ2v) is 5.78. The van der Waals surface area contributed by atoms with E-state index in [0.717, 1.165) is 0 Å². The first-order valence-corrected chi connectivity index (χ1v) is 5.52. The maximum absolute atomic E-state index is 6.28. The average Bonchev–Trinajstić information content (AvgIpc) is 2.00. The van der Waals surface area contributed by atoms with Gasteiger partial charge in [0.15, 0.2) is 0 Å². The molecule has 0 aliphatic rings. The van der Waals surface area contributed by atoms with Crippen molar-refractivity contribution in [3.63, 3.8) is 0 Å². The third kappa shape index (κ3) is 2.44. The molecule has 0 radical (unpaired) electrons.